The van der Waals surface area contributed by atoms with Gasteiger partial charge in [-0.05, 0) is 24.1 Å². The Kier molecular flexibility index (Phi) is 4.38. The fraction of sp³-hybridized carbons (Fsp3) is 0.350. The average molecular weight is 419 g/mol. The summed E-state index contributed by atoms with van der Waals surface area (Å²) in [6.07, 6.45) is 5.55. The minimum Gasteiger partial charge on any atom is -0.489 e. The molecule has 0 radical (unpaired) electrons. The van der Waals surface area contributed by atoms with E-state index < -0.39 is 17.7 Å². The van der Waals surface area contributed by atoms with Gasteiger partial charge in [0, 0.05) is 37.6 Å². The van der Waals surface area contributed by atoms with Crippen molar-refractivity contribution in [2.45, 2.75) is 43.9 Å². The van der Waals surface area contributed by atoms with Crippen LogP contribution in [0.2, 0.25) is 5.02 Å². The van der Waals surface area contributed by atoms with Crippen molar-refractivity contribution in [3.8, 4) is 5.75 Å². The van der Waals surface area contributed by atoms with E-state index in [4.69, 9.17) is 16.3 Å². The number of nitrogens with zero attached hydrogens (tertiary/aromatic N) is 4. The Morgan fingerprint density at radius 3 is 2.59 bits per heavy atom. The highest BCUT2D eigenvalue weighted by atomic mass is 35.5. The molecule has 0 N–H and O–H groups in total. The molecular formula is C20H17ClF2N4O2. The van der Waals surface area contributed by atoms with Gasteiger partial charge in [-0.15, -0.1) is 0 Å². The summed E-state index contributed by atoms with van der Waals surface area (Å²) in [5.41, 5.74) is 0.200. The molecule has 0 spiro atoms. The average Bonchev–Trinajstić information content (AvgIpc) is 3.18. The first kappa shape index (κ1) is 18.3. The van der Waals surface area contributed by atoms with E-state index in [1.807, 2.05) is 0 Å². The highest BCUT2D eigenvalue weighted by Gasteiger charge is 2.37. The van der Waals surface area contributed by atoms with Gasteiger partial charge >= 0.3 is 5.69 Å². The molecular weight excluding hydrogens is 402 g/mol. The second-order valence-electron chi connectivity index (χ2n) is 7.47. The number of rotatable bonds is 4. The number of hydrogen-bond acceptors (Lipinski definition) is 4. The molecule has 9 heteroatoms. The zero-order chi connectivity index (χ0) is 20.1. The Morgan fingerprint density at radius 1 is 1.10 bits per heavy atom. The van der Waals surface area contributed by atoms with Gasteiger partial charge in [0.2, 0.25) is 0 Å². The SMILES string of the molecule is O=c1n2c(nn1[C@H]1C[C@H](Oc3cncc(Cl)c3)C1)CC[C@H]2c1cc(F)cc(F)c1. The molecule has 6 nitrogen and oxygen atoms in total. The summed E-state index contributed by atoms with van der Waals surface area (Å²) in [5.74, 6) is -0.0614. The monoisotopic (exact) mass is 418 g/mol. The van der Waals surface area contributed by atoms with Crippen molar-refractivity contribution in [2.75, 3.05) is 0 Å². The normalized spacial score (nSPS) is 22.9. The standard InChI is InChI=1S/C20H17ClF2N4O2/c21-12-5-17(10-24-9-12)29-16-7-15(8-16)27-20(28)26-18(1-2-19(26)25-27)11-3-13(22)6-14(23)4-11/h3-6,9-10,15-16,18H,1-2,7-8H2/t15-,16-,18-/m0/s1. The third-order valence-corrected chi connectivity index (χ3v) is 5.73. The van der Waals surface area contributed by atoms with Crippen LogP contribution in [-0.2, 0) is 6.42 Å². The van der Waals surface area contributed by atoms with Gasteiger partial charge in [-0.1, -0.05) is 11.6 Å². The summed E-state index contributed by atoms with van der Waals surface area (Å²) in [5, 5.41) is 4.98. The van der Waals surface area contributed by atoms with E-state index in [1.54, 1.807) is 16.8 Å². The number of pyridine rings is 1. The predicted octanol–water partition coefficient (Wildman–Crippen LogP) is 3.69. The van der Waals surface area contributed by atoms with Crippen LogP contribution in [0.1, 0.15) is 42.7 Å². The van der Waals surface area contributed by atoms with E-state index in [1.165, 1.54) is 23.0 Å². The topological polar surface area (TPSA) is 61.9 Å². The van der Waals surface area contributed by atoms with Gasteiger partial charge in [0.25, 0.3) is 0 Å². The first-order valence-corrected chi connectivity index (χ1v) is 9.79. The van der Waals surface area contributed by atoms with Gasteiger partial charge in [-0.25, -0.2) is 18.3 Å². The maximum Gasteiger partial charge on any atom is 0.346 e. The molecule has 1 aliphatic heterocycles. The van der Waals surface area contributed by atoms with E-state index in [0.717, 1.165) is 6.07 Å². The van der Waals surface area contributed by atoms with Crippen molar-refractivity contribution in [2.24, 2.45) is 0 Å². The molecule has 2 aliphatic rings. The fourth-order valence-corrected chi connectivity index (χ4v) is 4.28. The van der Waals surface area contributed by atoms with Gasteiger partial charge in [-0.2, -0.15) is 5.10 Å². The molecule has 150 valence electrons. The molecule has 5 rings (SSSR count). The molecule has 1 saturated carbocycles. The van der Waals surface area contributed by atoms with Crippen molar-refractivity contribution in [3.63, 3.8) is 0 Å². The summed E-state index contributed by atoms with van der Waals surface area (Å²) in [7, 11) is 0. The highest BCUT2D eigenvalue weighted by Crippen LogP contribution is 2.36. The number of benzene rings is 1. The number of aryl methyl sites for hydroxylation is 1. The van der Waals surface area contributed by atoms with Crippen LogP contribution in [0.15, 0.2) is 41.5 Å². The highest BCUT2D eigenvalue weighted by molar-refractivity contribution is 6.30. The molecule has 1 aromatic carbocycles. The second kappa shape index (κ2) is 6.95. The Morgan fingerprint density at radius 2 is 1.86 bits per heavy atom. The maximum atomic E-state index is 13.6. The fourth-order valence-electron chi connectivity index (χ4n) is 4.12. The molecule has 0 saturated heterocycles. The summed E-state index contributed by atoms with van der Waals surface area (Å²) in [6.45, 7) is 0. The maximum absolute atomic E-state index is 13.6. The van der Waals surface area contributed by atoms with Crippen LogP contribution in [0.4, 0.5) is 8.78 Å². The van der Waals surface area contributed by atoms with Gasteiger partial charge in [0.05, 0.1) is 23.3 Å². The van der Waals surface area contributed by atoms with Crippen LogP contribution in [0.25, 0.3) is 0 Å². The molecule has 3 aromatic rings. The van der Waals surface area contributed by atoms with Crippen LogP contribution in [0.5, 0.6) is 5.75 Å². The third kappa shape index (κ3) is 3.31. The number of halogens is 3. The van der Waals surface area contributed by atoms with Gasteiger partial charge in [-0.3, -0.25) is 9.55 Å². The largest absolute Gasteiger partial charge is 0.489 e. The number of fused-ring (bicyclic) bond motifs is 1. The molecule has 0 amide bonds. The first-order chi connectivity index (χ1) is 14.0. The van der Waals surface area contributed by atoms with Gasteiger partial charge < -0.3 is 4.74 Å². The lowest BCUT2D eigenvalue weighted by molar-refractivity contribution is 0.0620. The van der Waals surface area contributed by atoms with Crippen molar-refractivity contribution >= 4 is 11.6 Å². The second-order valence-corrected chi connectivity index (χ2v) is 7.91. The molecule has 2 aromatic heterocycles. The van der Waals surface area contributed by atoms with Crippen molar-refractivity contribution in [1.82, 2.24) is 19.3 Å². The zero-order valence-electron chi connectivity index (χ0n) is 15.3. The molecule has 1 fully saturated rings. The van der Waals surface area contributed by atoms with E-state index >= 15 is 0 Å². The molecule has 29 heavy (non-hydrogen) atoms. The van der Waals surface area contributed by atoms with Crippen LogP contribution in [0, 0.1) is 11.6 Å². The Balaban J connectivity index is 1.34. The lowest BCUT2D eigenvalue weighted by Crippen LogP contribution is -2.41. The van der Waals surface area contributed by atoms with E-state index in [9.17, 15) is 13.6 Å². The smallest absolute Gasteiger partial charge is 0.346 e. The third-order valence-electron chi connectivity index (χ3n) is 5.52. The Bertz CT molecular complexity index is 1120. The molecule has 0 unspecified atom stereocenters. The molecule has 3 heterocycles. The summed E-state index contributed by atoms with van der Waals surface area (Å²) >= 11 is 5.91. The van der Waals surface area contributed by atoms with Gasteiger partial charge in [0.1, 0.15) is 29.3 Å². The summed E-state index contributed by atoms with van der Waals surface area (Å²) in [6, 6.07) is 4.61. The molecule has 1 atom stereocenters. The molecule has 0 bridgehead atoms. The predicted molar refractivity (Wildman–Crippen MR) is 101 cm³/mol. The van der Waals surface area contributed by atoms with E-state index in [2.05, 4.69) is 10.1 Å². The van der Waals surface area contributed by atoms with Crippen LogP contribution in [-0.4, -0.2) is 25.4 Å². The number of hydrogen-bond donors (Lipinski definition) is 0. The number of ether oxygens (including phenoxy) is 1. The van der Waals surface area contributed by atoms with E-state index in [-0.39, 0.29) is 17.8 Å². The summed E-state index contributed by atoms with van der Waals surface area (Å²) in [4.78, 5) is 17.0. The quantitative estimate of drug-likeness (QED) is 0.648. The number of aromatic nitrogens is 4. The van der Waals surface area contributed by atoms with Crippen molar-refractivity contribution in [3.05, 3.63) is 75.2 Å². The summed E-state index contributed by atoms with van der Waals surface area (Å²) < 4.78 is 36.1. The lowest BCUT2D eigenvalue weighted by atomic mass is 9.89. The van der Waals surface area contributed by atoms with Crippen molar-refractivity contribution in [1.29, 1.82) is 0 Å². The van der Waals surface area contributed by atoms with Crippen LogP contribution in [0.3, 0.4) is 0 Å². The lowest BCUT2D eigenvalue weighted by Gasteiger charge is -2.34. The Labute approximate surface area is 169 Å². The zero-order valence-corrected chi connectivity index (χ0v) is 16.0. The van der Waals surface area contributed by atoms with Crippen LogP contribution < -0.4 is 10.4 Å². The Hall–Kier alpha value is -2.74. The van der Waals surface area contributed by atoms with Crippen LogP contribution >= 0.6 is 11.6 Å². The molecule has 1 aliphatic carbocycles. The van der Waals surface area contributed by atoms with Crippen molar-refractivity contribution < 1.29 is 13.5 Å². The minimum atomic E-state index is -0.650. The van der Waals surface area contributed by atoms with E-state index in [0.29, 0.717) is 47.8 Å². The first-order valence-electron chi connectivity index (χ1n) is 9.41. The van der Waals surface area contributed by atoms with Gasteiger partial charge in [0.15, 0.2) is 0 Å². The minimum absolute atomic E-state index is 0.0446.